The number of amides is 1. The molecule has 172 valence electrons. The lowest BCUT2D eigenvalue weighted by molar-refractivity contribution is 0.0589. The van der Waals surface area contributed by atoms with Crippen LogP contribution in [0.2, 0.25) is 0 Å². The number of fused-ring (bicyclic) bond motifs is 1. The Morgan fingerprint density at radius 2 is 1.61 bits per heavy atom. The second kappa shape index (κ2) is 9.86. The molecule has 0 bridgehead atoms. The molecular formula is C27H29NO5. The summed E-state index contributed by atoms with van der Waals surface area (Å²) in [6.45, 7) is 2.89. The molecule has 0 unspecified atom stereocenters. The van der Waals surface area contributed by atoms with E-state index in [1.807, 2.05) is 72.5 Å². The SMILES string of the molecule is COc1ccc(OC[C@@H]2c3cc(OC)c(OC)cc3CCN2C(=O)c2cccc(C)c2)cc1. The number of aryl methyl sites for hydroxylation is 1. The average molecular weight is 448 g/mol. The zero-order valence-electron chi connectivity index (χ0n) is 19.5. The van der Waals surface area contributed by atoms with Gasteiger partial charge in [0.25, 0.3) is 5.91 Å². The Labute approximate surface area is 194 Å². The third-order valence-corrected chi connectivity index (χ3v) is 6.00. The lowest BCUT2D eigenvalue weighted by Crippen LogP contribution is -2.42. The summed E-state index contributed by atoms with van der Waals surface area (Å²) in [6, 6.07) is 18.8. The summed E-state index contributed by atoms with van der Waals surface area (Å²) in [5.41, 5.74) is 3.86. The van der Waals surface area contributed by atoms with E-state index in [-0.39, 0.29) is 11.9 Å². The number of nitrogens with zero attached hydrogens (tertiary/aromatic N) is 1. The number of ether oxygens (including phenoxy) is 4. The fraction of sp³-hybridized carbons (Fsp3) is 0.296. The Balaban J connectivity index is 1.69. The molecule has 0 saturated heterocycles. The van der Waals surface area contributed by atoms with Gasteiger partial charge in [-0.2, -0.15) is 0 Å². The Morgan fingerprint density at radius 1 is 0.909 bits per heavy atom. The molecule has 33 heavy (non-hydrogen) atoms. The summed E-state index contributed by atoms with van der Waals surface area (Å²) in [7, 11) is 4.88. The molecule has 4 rings (SSSR count). The highest BCUT2D eigenvalue weighted by atomic mass is 16.5. The topological polar surface area (TPSA) is 57.2 Å². The molecular weight excluding hydrogens is 418 g/mol. The van der Waals surface area contributed by atoms with Gasteiger partial charge in [0.15, 0.2) is 11.5 Å². The predicted octanol–water partition coefficient (Wildman–Crippen LogP) is 4.84. The van der Waals surface area contributed by atoms with E-state index in [0.29, 0.717) is 36.0 Å². The lowest BCUT2D eigenvalue weighted by atomic mass is 9.91. The van der Waals surface area contributed by atoms with E-state index < -0.39 is 0 Å². The van der Waals surface area contributed by atoms with Crippen molar-refractivity contribution >= 4 is 5.91 Å². The highest BCUT2D eigenvalue weighted by Crippen LogP contribution is 2.39. The summed E-state index contributed by atoms with van der Waals surface area (Å²) >= 11 is 0. The molecule has 1 atom stereocenters. The van der Waals surface area contributed by atoms with E-state index in [1.54, 1.807) is 21.3 Å². The normalized spacial score (nSPS) is 14.9. The minimum absolute atomic E-state index is 0.0116. The number of carbonyl (C=O) groups is 1. The Hall–Kier alpha value is -3.67. The summed E-state index contributed by atoms with van der Waals surface area (Å²) < 4.78 is 22.4. The quantitative estimate of drug-likeness (QED) is 0.519. The first kappa shape index (κ1) is 22.5. The van der Waals surface area contributed by atoms with Crippen molar-refractivity contribution in [3.05, 3.63) is 82.9 Å². The van der Waals surface area contributed by atoms with E-state index in [4.69, 9.17) is 18.9 Å². The van der Waals surface area contributed by atoms with E-state index in [2.05, 4.69) is 0 Å². The maximum Gasteiger partial charge on any atom is 0.254 e. The Kier molecular flexibility index (Phi) is 6.73. The van der Waals surface area contributed by atoms with Gasteiger partial charge in [0.05, 0.1) is 27.4 Å². The summed E-state index contributed by atoms with van der Waals surface area (Å²) in [5.74, 6) is 2.78. The van der Waals surface area contributed by atoms with Crippen LogP contribution in [0, 0.1) is 6.92 Å². The summed E-state index contributed by atoms with van der Waals surface area (Å²) in [5, 5.41) is 0. The van der Waals surface area contributed by atoms with Crippen LogP contribution in [0.1, 0.15) is 33.1 Å². The highest BCUT2D eigenvalue weighted by Gasteiger charge is 2.33. The fourth-order valence-electron chi connectivity index (χ4n) is 4.24. The van der Waals surface area contributed by atoms with Crippen LogP contribution in [0.3, 0.4) is 0 Å². The van der Waals surface area contributed by atoms with Crippen molar-refractivity contribution in [2.45, 2.75) is 19.4 Å². The Morgan fingerprint density at radius 3 is 2.27 bits per heavy atom. The fourth-order valence-corrected chi connectivity index (χ4v) is 4.24. The average Bonchev–Trinajstić information content (AvgIpc) is 2.86. The van der Waals surface area contributed by atoms with Gasteiger partial charge in [0.1, 0.15) is 18.1 Å². The first-order valence-corrected chi connectivity index (χ1v) is 10.9. The van der Waals surface area contributed by atoms with Gasteiger partial charge in [0.2, 0.25) is 0 Å². The van der Waals surface area contributed by atoms with Crippen molar-refractivity contribution in [3.8, 4) is 23.0 Å². The van der Waals surface area contributed by atoms with E-state index in [9.17, 15) is 4.79 Å². The molecule has 0 aliphatic carbocycles. The molecule has 0 fully saturated rings. The van der Waals surface area contributed by atoms with Gasteiger partial charge in [-0.25, -0.2) is 0 Å². The van der Waals surface area contributed by atoms with Crippen molar-refractivity contribution in [3.63, 3.8) is 0 Å². The van der Waals surface area contributed by atoms with Crippen LogP contribution in [0.5, 0.6) is 23.0 Å². The summed E-state index contributed by atoms with van der Waals surface area (Å²) in [4.78, 5) is 15.4. The van der Waals surface area contributed by atoms with Crippen molar-refractivity contribution in [2.24, 2.45) is 0 Å². The van der Waals surface area contributed by atoms with Crippen LogP contribution in [0.25, 0.3) is 0 Å². The molecule has 0 aromatic heterocycles. The molecule has 1 heterocycles. The van der Waals surface area contributed by atoms with Crippen molar-refractivity contribution in [2.75, 3.05) is 34.5 Å². The number of carbonyl (C=O) groups excluding carboxylic acids is 1. The standard InChI is InChI=1S/C27H29NO5/c1-18-6-5-7-20(14-18)27(29)28-13-12-19-15-25(31-3)26(32-4)16-23(19)24(28)17-33-22-10-8-21(30-2)9-11-22/h5-11,14-16,24H,12-13,17H2,1-4H3/t24-/m1/s1. The zero-order valence-corrected chi connectivity index (χ0v) is 19.5. The van der Waals surface area contributed by atoms with Gasteiger partial charge in [-0.15, -0.1) is 0 Å². The molecule has 1 amide bonds. The molecule has 1 aliphatic rings. The van der Waals surface area contributed by atoms with Crippen LogP contribution in [0.4, 0.5) is 0 Å². The molecule has 0 radical (unpaired) electrons. The smallest absolute Gasteiger partial charge is 0.254 e. The van der Waals surface area contributed by atoms with Gasteiger partial charge in [-0.3, -0.25) is 4.79 Å². The molecule has 6 nitrogen and oxygen atoms in total. The Bertz CT molecular complexity index is 1130. The van der Waals surface area contributed by atoms with Gasteiger partial charge in [-0.1, -0.05) is 17.7 Å². The van der Waals surface area contributed by atoms with E-state index in [1.165, 1.54) is 0 Å². The maximum absolute atomic E-state index is 13.5. The first-order valence-electron chi connectivity index (χ1n) is 10.9. The maximum atomic E-state index is 13.5. The molecule has 1 aliphatic heterocycles. The zero-order chi connectivity index (χ0) is 23.4. The third kappa shape index (κ3) is 4.75. The molecule has 0 spiro atoms. The molecule has 3 aromatic rings. The van der Waals surface area contributed by atoms with Crippen molar-refractivity contribution < 1.29 is 23.7 Å². The van der Waals surface area contributed by atoms with Crippen molar-refractivity contribution in [1.29, 1.82) is 0 Å². The predicted molar refractivity (Wildman–Crippen MR) is 127 cm³/mol. The highest BCUT2D eigenvalue weighted by molar-refractivity contribution is 5.95. The lowest BCUT2D eigenvalue weighted by Gasteiger charge is -2.37. The van der Waals surface area contributed by atoms with Gasteiger partial charge in [-0.05, 0) is 73.0 Å². The van der Waals surface area contributed by atoms with Crippen LogP contribution in [-0.2, 0) is 6.42 Å². The number of benzene rings is 3. The number of rotatable bonds is 7. The number of methoxy groups -OCH3 is 3. The van der Waals surface area contributed by atoms with Crippen LogP contribution in [0.15, 0.2) is 60.7 Å². The third-order valence-electron chi connectivity index (χ3n) is 6.00. The van der Waals surface area contributed by atoms with Crippen LogP contribution >= 0.6 is 0 Å². The largest absolute Gasteiger partial charge is 0.497 e. The number of hydrogen-bond acceptors (Lipinski definition) is 5. The molecule has 3 aromatic carbocycles. The van der Waals surface area contributed by atoms with Gasteiger partial charge >= 0.3 is 0 Å². The molecule has 0 saturated carbocycles. The van der Waals surface area contributed by atoms with Gasteiger partial charge < -0.3 is 23.8 Å². The minimum atomic E-state index is -0.274. The molecule has 6 heteroatoms. The van der Waals surface area contributed by atoms with E-state index >= 15 is 0 Å². The minimum Gasteiger partial charge on any atom is -0.497 e. The van der Waals surface area contributed by atoms with Crippen LogP contribution in [-0.4, -0.2) is 45.3 Å². The van der Waals surface area contributed by atoms with E-state index in [0.717, 1.165) is 28.9 Å². The second-order valence-corrected chi connectivity index (χ2v) is 8.03. The summed E-state index contributed by atoms with van der Waals surface area (Å²) in [6.07, 6.45) is 0.728. The van der Waals surface area contributed by atoms with Crippen molar-refractivity contribution in [1.82, 2.24) is 4.90 Å². The molecule has 0 N–H and O–H groups in total. The first-order chi connectivity index (χ1) is 16.0. The number of hydrogen-bond donors (Lipinski definition) is 0. The van der Waals surface area contributed by atoms with Crippen LogP contribution < -0.4 is 18.9 Å². The van der Waals surface area contributed by atoms with Gasteiger partial charge in [0, 0.05) is 12.1 Å². The second-order valence-electron chi connectivity index (χ2n) is 8.03. The monoisotopic (exact) mass is 447 g/mol.